The lowest BCUT2D eigenvalue weighted by atomic mass is 10.2. The summed E-state index contributed by atoms with van der Waals surface area (Å²) in [4.78, 5) is 23.5. The Morgan fingerprint density at radius 2 is 2.00 bits per heavy atom. The van der Waals surface area contributed by atoms with Crippen molar-refractivity contribution in [1.29, 1.82) is 0 Å². The molecule has 0 bridgehead atoms. The summed E-state index contributed by atoms with van der Waals surface area (Å²) in [6.45, 7) is 2.40. The lowest BCUT2D eigenvalue weighted by Crippen LogP contribution is -2.34. The Balaban J connectivity index is 1.98. The summed E-state index contributed by atoms with van der Waals surface area (Å²) in [5.74, 6) is -0.445. The van der Waals surface area contributed by atoms with Crippen LogP contribution in [0.15, 0.2) is 47.1 Å². The zero-order chi connectivity index (χ0) is 15.9. The summed E-state index contributed by atoms with van der Waals surface area (Å²) in [6.07, 6.45) is 1.40. The minimum atomic E-state index is -0.442. The fourth-order valence-electron chi connectivity index (χ4n) is 1.74. The second-order valence-corrected chi connectivity index (χ2v) is 4.73. The molecule has 0 saturated carbocycles. The van der Waals surface area contributed by atoms with E-state index in [1.54, 1.807) is 30.3 Å². The van der Waals surface area contributed by atoms with Crippen LogP contribution in [0.3, 0.4) is 0 Å². The van der Waals surface area contributed by atoms with E-state index in [2.05, 4.69) is 16.0 Å². The van der Waals surface area contributed by atoms with Crippen molar-refractivity contribution >= 4 is 34.8 Å². The van der Waals surface area contributed by atoms with Gasteiger partial charge in [0, 0.05) is 17.8 Å². The van der Waals surface area contributed by atoms with Gasteiger partial charge in [-0.15, -0.1) is 0 Å². The van der Waals surface area contributed by atoms with Crippen molar-refractivity contribution in [3.63, 3.8) is 0 Å². The van der Waals surface area contributed by atoms with E-state index < -0.39 is 5.91 Å². The second kappa shape index (κ2) is 7.37. The van der Waals surface area contributed by atoms with Crippen LogP contribution in [0, 0.1) is 0 Å². The normalized spacial score (nSPS) is 9.86. The number of benzene rings is 1. The van der Waals surface area contributed by atoms with E-state index in [9.17, 15) is 9.59 Å². The van der Waals surface area contributed by atoms with Crippen molar-refractivity contribution in [2.45, 2.75) is 6.92 Å². The highest BCUT2D eigenvalue weighted by molar-refractivity contribution is 7.80. The van der Waals surface area contributed by atoms with E-state index in [-0.39, 0.29) is 16.8 Å². The van der Waals surface area contributed by atoms with Gasteiger partial charge in [-0.25, -0.2) is 0 Å². The maximum Gasteiger partial charge on any atom is 0.293 e. The van der Waals surface area contributed by atoms with E-state index in [0.29, 0.717) is 17.8 Å². The number of thiocarbonyl (C=S) groups is 1. The molecular weight excluding hydrogens is 302 g/mol. The molecule has 0 unspecified atom stereocenters. The predicted octanol–water partition coefficient (Wildman–Crippen LogP) is 2.16. The number of hydrogen-bond donors (Lipinski definition) is 3. The average molecular weight is 317 g/mol. The Morgan fingerprint density at radius 1 is 1.18 bits per heavy atom. The van der Waals surface area contributed by atoms with Gasteiger partial charge >= 0.3 is 0 Å². The molecule has 1 aromatic carbocycles. The van der Waals surface area contributed by atoms with Gasteiger partial charge in [-0.2, -0.15) is 0 Å². The third kappa shape index (κ3) is 4.16. The molecule has 7 heteroatoms. The van der Waals surface area contributed by atoms with Crippen LogP contribution in [0.2, 0.25) is 0 Å². The maximum absolute atomic E-state index is 11.8. The monoisotopic (exact) mass is 317 g/mol. The molecule has 1 aromatic heterocycles. The van der Waals surface area contributed by atoms with E-state index in [1.807, 2.05) is 6.92 Å². The highest BCUT2D eigenvalue weighted by atomic mass is 32.1. The Kier molecular flexibility index (Phi) is 5.26. The van der Waals surface area contributed by atoms with Crippen molar-refractivity contribution in [3.8, 4) is 0 Å². The highest BCUT2D eigenvalue weighted by Gasteiger charge is 2.11. The van der Waals surface area contributed by atoms with Crippen LogP contribution in [-0.2, 0) is 0 Å². The molecule has 0 spiro atoms. The van der Waals surface area contributed by atoms with E-state index >= 15 is 0 Å². The number of amides is 2. The third-order valence-electron chi connectivity index (χ3n) is 2.69. The quantitative estimate of drug-likeness (QED) is 0.753. The summed E-state index contributed by atoms with van der Waals surface area (Å²) in [5, 5.41) is 8.17. The Labute approximate surface area is 132 Å². The molecule has 2 amide bonds. The zero-order valence-corrected chi connectivity index (χ0v) is 12.7. The van der Waals surface area contributed by atoms with Crippen LogP contribution >= 0.6 is 12.2 Å². The molecule has 0 radical (unpaired) electrons. The first kappa shape index (κ1) is 15.7. The van der Waals surface area contributed by atoms with Gasteiger partial charge in [-0.05, 0) is 49.5 Å². The zero-order valence-electron chi connectivity index (χ0n) is 11.9. The Hall–Kier alpha value is -2.67. The lowest BCUT2D eigenvalue weighted by Gasteiger charge is -2.10. The van der Waals surface area contributed by atoms with Crippen molar-refractivity contribution < 1.29 is 14.0 Å². The van der Waals surface area contributed by atoms with Gasteiger partial charge < -0.3 is 15.1 Å². The van der Waals surface area contributed by atoms with Crippen molar-refractivity contribution in [3.05, 3.63) is 54.0 Å². The Morgan fingerprint density at radius 3 is 2.68 bits per heavy atom. The average Bonchev–Trinajstić information content (AvgIpc) is 3.02. The molecule has 3 N–H and O–H groups in total. The van der Waals surface area contributed by atoms with Crippen molar-refractivity contribution in [2.24, 2.45) is 0 Å². The smallest absolute Gasteiger partial charge is 0.293 e. The predicted molar refractivity (Wildman–Crippen MR) is 86.8 cm³/mol. The minimum Gasteiger partial charge on any atom is -0.459 e. The van der Waals surface area contributed by atoms with Crippen LogP contribution in [0.25, 0.3) is 0 Å². The van der Waals surface area contributed by atoms with Gasteiger partial charge in [0.05, 0.1) is 6.26 Å². The Bertz CT molecular complexity index is 683. The molecule has 0 aliphatic carbocycles. The molecular formula is C15H15N3O3S. The first-order chi connectivity index (χ1) is 10.6. The van der Waals surface area contributed by atoms with Gasteiger partial charge in [0.15, 0.2) is 10.9 Å². The molecule has 2 aromatic rings. The third-order valence-corrected chi connectivity index (χ3v) is 2.90. The molecule has 0 aliphatic heterocycles. The first-order valence-electron chi connectivity index (χ1n) is 6.64. The molecule has 0 aliphatic rings. The lowest BCUT2D eigenvalue weighted by molar-refractivity contribution is 0.0944. The second-order valence-electron chi connectivity index (χ2n) is 4.33. The summed E-state index contributed by atoms with van der Waals surface area (Å²) in [6, 6.07) is 9.96. The summed E-state index contributed by atoms with van der Waals surface area (Å²) in [5.41, 5.74) is 1.11. The van der Waals surface area contributed by atoms with Crippen LogP contribution in [0.4, 0.5) is 5.69 Å². The van der Waals surface area contributed by atoms with Crippen LogP contribution in [-0.4, -0.2) is 23.5 Å². The number of carbonyl (C=O) groups excluding carboxylic acids is 2. The van der Waals surface area contributed by atoms with E-state index in [4.69, 9.17) is 16.6 Å². The molecule has 114 valence electrons. The number of carbonyl (C=O) groups is 2. The SMILES string of the molecule is CCNC(=O)c1cccc(NC(=S)NC(=O)c2ccco2)c1. The molecule has 6 nitrogen and oxygen atoms in total. The van der Waals surface area contributed by atoms with Gasteiger partial charge in [-0.3, -0.25) is 14.9 Å². The summed E-state index contributed by atoms with van der Waals surface area (Å²) >= 11 is 5.06. The maximum atomic E-state index is 11.8. The van der Waals surface area contributed by atoms with Gasteiger partial charge in [0.1, 0.15) is 0 Å². The molecule has 0 saturated heterocycles. The number of anilines is 1. The fraction of sp³-hybridized carbons (Fsp3) is 0.133. The number of rotatable bonds is 4. The van der Waals surface area contributed by atoms with Crippen molar-refractivity contribution in [1.82, 2.24) is 10.6 Å². The molecule has 1 heterocycles. The largest absolute Gasteiger partial charge is 0.459 e. The van der Waals surface area contributed by atoms with Crippen LogP contribution < -0.4 is 16.0 Å². The summed E-state index contributed by atoms with van der Waals surface area (Å²) in [7, 11) is 0. The van der Waals surface area contributed by atoms with Crippen LogP contribution in [0.1, 0.15) is 27.8 Å². The van der Waals surface area contributed by atoms with Crippen LogP contribution in [0.5, 0.6) is 0 Å². The minimum absolute atomic E-state index is 0.120. The first-order valence-corrected chi connectivity index (χ1v) is 7.05. The summed E-state index contributed by atoms with van der Waals surface area (Å²) < 4.78 is 4.97. The van der Waals surface area contributed by atoms with Gasteiger partial charge in [0.25, 0.3) is 11.8 Å². The van der Waals surface area contributed by atoms with E-state index in [0.717, 1.165) is 0 Å². The fourth-order valence-corrected chi connectivity index (χ4v) is 1.95. The molecule has 2 rings (SSSR count). The van der Waals surface area contributed by atoms with E-state index in [1.165, 1.54) is 12.3 Å². The topological polar surface area (TPSA) is 83.4 Å². The standard InChI is InChI=1S/C15H15N3O3S/c1-2-16-13(19)10-5-3-6-11(9-10)17-15(22)18-14(20)12-7-4-8-21-12/h3-9H,2H2,1H3,(H,16,19)(H2,17,18,20,22). The van der Waals surface area contributed by atoms with Gasteiger partial charge in [0.2, 0.25) is 0 Å². The number of furan rings is 1. The molecule has 22 heavy (non-hydrogen) atoms. The van der Waals surface area contributed by atoms with Gasteiger partial charge in [-0.1, -0.05) is 6.07 Å². The van der Waals surface area contributed by atoms with Crippen molar-refractivity contribution in [2.75, 3.05) is 11.9 Å². The number of nitrogens with one attached hydrogen (secondary N) is 3. The highest BCUT2D eigenvalue weighted by Crippen LogP contribution is 2.10. The molecule has 0 atom stereocenters. The number of hydrogen-bond acceptors (Lipinski definition) is 4. The molecule has 0 fully saturated rings.